The largest absolute Gasteiger partial charge is 0.336 e. The average molecular weight is 417 g/mol. The van der Waals surface area contributed by atoms with Crippen LogP contribution in [-0.4, -0.2) is 54.3 Å². The molecule has 18 heavy (non-hydrogen) atoms. The molecule has 2 rings (SSSR count). The molecule has 0 radical (unpaired) electrons. The fourth-order valence-electron chi connectivity index (χ4n) is 1.95. The van der Waals surface area contributed by atoms with Gasteiger partial charge in [-0.2, -0.15) is 0 Å². The maximum absolute atomic E-state index is 12.3. The van der Waals surface area contributed by atoms with E-state index in [1.54, 1.807) is 0 Å². The van der Waals surface area contributed by atoms with Crippen LogP contribution < -0.4 is 0 Å². The molecule has 1 fully saturated rings. The van der Waals surface area contributed by atoms with Gasteiger partial charge in [0.2, 0.25) is 0 Å². The van der Waals surface area contributed by atoms with Gasteiger partial charge in [0, 0.05) is 38.6 Å². The van der Waals surface area contributed by atoms with Crippen LogP contribution in [0, 0.1) is 0 Å². The van der Waals surface area contributed by atoms with Crippen LogP contribution in [0.15, 0.2) is 13.6 Å². The zero-order chi connectivity index (χ0) is 13.1. The van der Waals surface area contributed by atoms with Crippen LogP contribution in [0.2, 0.25) is 0 Å². The van der Waals surface area contributed by atoms with Crippen molar-refractivity contribution in [3.8, 4) is 0 Å². The third-order valence-electron chi connectivity index (χ3n) is 2.95. The molecule has 100 valence electrons. The Morgan fingerprint density at radius 2 is 2.00 bits per heavy atom. The van der Waals surface area contributed by atoms with E-state index in [-0.39, 0.29) is 5.91 Å². The van der Waals surface area contributed by atoms with Crippen molar-refractivity contribution in [2.45, 2.75) is 0 Å². The van der Waals surface area contributed by atoms with E-state index in [0.717, 1.165) is 45.9 Å². The molecule has 2 heterocycles. The van der Waals surface area contributed by atoms with Crippen LogP contribution in [-0.2, 0) is 0 Å². The summed E-state index contributed by atoms with van der Waals surface area (Å²) in [4.78, 5) is 16.5. The van der Waals surface area contributed by atoms with Gasteiger partial charge in [0.1, 0.15) is 0 Å². The Hall–Kier alpha value is 0.380. The first-order valence-electron chi connectivity index (χ1n) is 5.64. The molecule has 0 aliphatic carbocycles. The van der Waals surface area contributed by atoms with Crippen LogP contribution in [0.5, 0.6) is 0 Å². The number of amides is 1. The summed E-state index contributed by atoms with van der Waals surface area (Å²) < 4.78 is 1.86. The number of piperazine rings is 1. The number of alkyl halides is 1. The summed E-state index contributed by atoms with van der Waals surface area (Å²) in [6.07, 6.45) is 0. The van der Waals surface area contributed by atoms with Crippen molar-refractivity contribution < 1.29 is 4.79 Å². The number of hydrogen-bond acceptors (Lipinski definition) is 3. The smallest absolute Gasteiger partial charge is 0.255 e. The van der Waals surface area contributed by atoms with E-state index in [1.807, 2.05) is 11.0 Å². The van der Waals surface area contributed by atoms with Gasteiger partial charge >= 0.3 is 0 Å². The average Bonchev–Trinajstić information content (AvgIpc) is 2.69. The van der Waals surface area contributed by atoms with Gasteiger partial charge in [-0.15, -0.1) is 22.9 Å². The summed E-state index contributed by atoms with van der Waals surface area (Å²) in [6.45, 7) is 4.26. The van der Waals surface area contributed by atoms with Crippen molar-refractivity contribution in [1.82, 2.24) is 9.80 Å². The standard InChI is InChI=1S/C11H13Br2ClN2OS/c12-9-7-8(10(13)18-9)11(17)16-5-3-15(2-1-14)4-6-16/h7H,1-6H2. The van der Waals surface area contributed by atoms with Gasteiger partial charge in [0.25, 0.3) is 5.91 Å². The van der Waals surface area contributed by atoms with Crippen LogP contribution >= 0.6 is 54.8 Å². The van der Waals surface area contributed by atoms with Crippen molar-refractivity contribution in [2.24, 2.45) is 0 Å². The molecule has 3 nitrogen and oxygen atoms in total. The Bertz CT molecular complexity index is 433. The first kappa shape index (κ1) is 14.8. The molecule has 7 heteroatoms. The Labute approximate surface area is 132 Å². The third kappa shape index (κ3) is 3.48. The summed E-state index contributed by atoms with van der Waals surface area (Å²) in [6, 6.07) is 1.88. The van der Waals surface area contributed by atoms with Crippen molar-refractivity contribution >= 4 is 60.7 Å². The van der Waals surface area contributed by atoms with Gasteiger partial charge in [-0.3, -0.25) is 9.69 Å². The first-order valence-corrected chi connectivity index (χ1v) is 8.58. The molecular weight excluding hydrogens is 403 g/mol. The van der Waals surface area contributed by atoms with Crippen LogP contribution in [0.4, 0.5) is 0 Å². The van der Waals surface area contributed by atoms with Crippen molar-refractivity contribution in [2.75, 3.05) is 38.6 Å². The number of carbonyl (C=O) groups is 1. The quantitative estimate of drug-likeness (QED) is 0.706. The summed E-state index contributed by atoms with van der Waals surface area (Å²) >= 11 is 14.1. The van der Waals surface area contributed by atoms with Crippen LogP contribution in [0.3, 0.4) is 0 Å². The van der Waals surface area contributed by atoms with Gasteiger partial charge < -0.3 is 4.90 Å². The Morgan fingerprint density at radius 3 is 2.50 bits per heavy atom. The number of nitrogens with zero attached hydrogens (tertiary/aromatic N) is 2. The van der Waals surface area contributed by atoms with Crippen LogP contribution in [0.25, 0.3) is 0 Å². The summed E-state index contributed by atoms with van der Waals surface area (Å²) in [5.74, 6) is 0.756. The molecule has 0 atom stereocenters. The summed E-state index contributed by atoms with van der Waals surface area (Å²) in [5, 5.41) is 0. The Morgan fingerprint density at radius 1 is 1.33 bits per heavy atom. The molecular formula is C11H13Br2ClN2OS. The number of hydrogen-bond donors (Lipinski definition) is 0. The van der Waals surface area contributed by atoms with E-state index in [4.69, 9.17) is 11.6 Å². The summed E-state index contributed by atoms with van der Waals surface area (Å²) in [7, 11) is 0. The molecule has 1 amide bonds. The van der Waals surface area contributed by atoms with E-state index >= 15 is 0 Å². The summed E-state index contributed by atoms with van der Waals surface area (Å²) in [5.41, 5.74) is 0.748. The second kappa shape index (κ2) is 6.70. The lowest BCUT2D eigenvalue weighted by Crippen LogP contribution is -2.49. The number of halogens is 3. The predicted octanol–water partition coefficient (Wildman–Crippen LogP) is 3.27. The number of carbonyl (C=O) groups excluding carboxylic acids is 1. The normalized spacial score (nSPS) is 17.2. The zero-order valence-corrected chi connectivity index (χ0v) is 14.4. The van der Waals surface area contributed by atoms with Gasteiger partial charge in [0.15, 0.2) is 0 Å². The number of thiophene rings is 1. The zero-order valence-electron chi connectivity index (χ0n) is 9.66. The molecule has 1 aromatic heterocycles. The van der Waals surface area contributed by atoms with E-state index in [2.05, 4.69) is 36.8 Å². The molecule has 1 aliphatic heterocycles. The van der Waals surface area contributed by atoms with Gasteiger partial charge in [-0.05, 0) is 37.9 Å². The lowest BCUT2D eigenvalue weighted by Gasteiger charge is -2.34. The second-order valence-corrected chi connectivity index (χ2v) is 8.19. The minimum atomic E-state index is 0.106. The lowest BCUT2D eigenvalue weighted by atomic mass is 10.2. The van der Waals surface area contributed by atoms with Gasteiger partial charge in [-0.25, -0.2) is 0 Å². The number of rotatable bonds is 3. The van der Waals surface area contributed by atoms with Gasteiger partial charge in [-0.1, -0.05) is 0 Å². The van der Waals surface area contributed by atoms with E-state index < -0.39 is 0 Å². The molecule has 0 aromatic carbocycles. The lowest BCUT2D eigenvalue weighted by molar-refractivity contribution is 0.0644. The molecule has 1 aliphatic rings. The SMILES string of the molecule is O=C(c1cc(Br)sc1Br)N1CCN(CCCl)CC1. The molecule has 0 saturated carbocycles. The van der Waals surface area contributed by atoms with Crippen molar-refractivity contribution in [3.05, 3.63) is 19.2 Å². The Balaban J connectivity index is 1.97. The highest BCUT2D eigenvalue weighted by molar-refractivity contribution is 9.12. The van der Waals surface area contributed by atoms with E-state index in [0.29, 0.717) is 5.88 Å². The monoisotopic (exact) mass is 414 g/mol. The maximum atomic E-state index is 12.3. The topological polar surface area (TPSA) is 23.6 Å². The minimum Gasteiger partial charge on any atom is -0.336 e. The highest BCUT2D eigenvalue weighted by Crippen LogP contribution is 2.32. The fourth-order valence-corrected chi connectivity index (χ4v) is 4.97. The first-order chi connectivity index (χ1) is 8.61. The second-order valence-electron chi connectivity index (χ2n) is 4.06. The predicted molar refractivity (Wildman–Crippen MR) is 82.8 cm³/mol. The van der Waals surface area contributed by atoms with E-state index in [1.165, 1.54) is 11.3 Å². The molecule has 1 saturated heterocycles. The third-order valence-corrected chi connectivity index (χ3v) is 5.46. The minimum absolute atomic E-state index is 0.106. The van der Waals surface area contributed by atoms with Crippen molar-refractivity contribution in [3.63, 3.8) is 0 Å². The fraction of sp³-hybridized carbons (Fsp3) is 0.545. The van der Waals surface area contributed by atoms with Crippen molar-refractivity contribution in [1.29, 1.82) is 0 Å². The molecule has 1 aromatic rings. The molecule has 0 bridgehead atoms. The molecule has 0 N–H and O–H groups in total. The Kier molecular flexibility index (Phi) is 5.50. The highest BCUT2D eigenvalue weighted by atomic mass is 79.9. The maximum Gasteiger partial charge on any atom is 0.255 e. The highest BCUT2D eigenvalue weighted by Gasteiger charge is 2.24. The van der Waals surface area contributed by atoms with Crippen LogP contribution in [0.1, 0.15) is 10.4 Å². The van der Waals surface area contributed by atoms with Gasteiger partial charge in [0.05, 0.1) is 13.1 Å². The molecule has 0 spiro atoms. The van der Waals surface area contributed by atoms with E-state index in [9.17, 15) is 4.79 Å². The molecule has 0 unspecified atom stereocenters.